The van der Waals surface area contributed by atoms with Gasteiger partial charge >= 0.3 is 0 Å². The maximum Gasteiger partial charge on any atom is 0.136 e. The Hall–Kier alpha value is -0.780. The summed E-state index contributed by atoms with van der Waals surface area (Å²) in [5.41, 5.74) is 4.77. The number of hydrogen-bond donors (Lipinski definition) is 1. The topological polar surface area (TPSA) is 39.7 Å². The largest absolute Gasteiger partial charge is 0.496 e. The first-order chi connectivity index (χ1) is 7.65. The average Bonchev–Trinajstić information content (AvgIpc) is 2.28. The third-order valence-corrected chi connectivity index (χ3v) is 3.12. The Morgan fingerprint density at radius 2 is 1.94 bits per heavy atom. The maximum atomic E-state index is 5.32. The molecule has 1 N–H and O–H groups in total. The summed E-state index contributed by atoms with van der Waals surface area (Å²) in [7, 11) is 4.86. The van der Waals surface area contributed by atoms with Crippen LogP contribution in [-0.2, 0) is 11.4 Å². The minimum absolute atomic E-state index is 0.539. The normalized spacial score (nSPS) is 10.3. The van der Waals surface area contributed by atoms with E-state index in [4.69, 9.17) is 14.3 Å². The highest BCUT2D eigenvalue weighted by Crippen LogP contribution is 2.38. The smallest absolute Gasteiger partial charge is 0.136 e. The van der Waals surface area contributed by atoms with E-state index >= 15 is 0 Å². The van der Waals surface area contributed by atoms with E-state index in [9.17, 15) is 0 Å². The molecule has 1 aromatic carbocycles. The molecule has 5 heteroatoms. The Kier molecular flexibility index (Phi) is 5.05. The molecular weight excluding hydrogens is 274 g/mol. The van der Waals surface area contributed by atoms with Crippen LogP contribution in [0.15, 0.2) is 10.5 Å². The van der Waals surface area contributed by atoms with Crippen LogP contribution in [0.2, 0.25) is 0 Å². The fourth-order valence-corrected chi connectivity index (χ4v) is 2.32. The van der Waals surface area contributed by atoms with Crippen LogP contribution in [0.4, 0.5) is 0 Å². The van der Waals surface area contributed by atoms with Crippen LogP contribution >= 0.6 is 15.9 Å². The molecule has 1 aromatic rings. The van der Waals surface area contributed by atoms with E-state index in [1.807, 2.05) is 13.0 Å². The molecule has 0 bridgehead atoms. The molecule has 1 rings (SSSR count). The van der Waals surface area contributed by atoms with Gasteiger partial charge in [0.1, 0.15) is 11.5 Å². The highest BCUT2D eigenvalue weighted by Gasteiger charge is 2.15. The van der Waals surface area contributed by atoms with E-state index in [1.54, 1.807) is 21.3 Å². The number of halogens is 1. The lowest BCUT2D eigenvalue weighted by molar-refractivity contribution is 0.0859. The second-order valence-electron chi connectivity index (χ2n) is 3.25. The Morgan fingerprint density at radius 3 is 2.44 bits per heavy atom. The van der Waals surface area contributed by atoms with Gasteiger partial charge in [0.2, 0.25) is 0 Å². The molecule has 0 heterocycles. The highest BCUT2D eigenvalue weighted by molar-refractivity contribution is 9.10. The molecule has 16 heavy (non-hydrogen) atoms. The molecule has 0 aliphatic heterocycles. The van der Waals surface area contributed by atoms with Gasteiger partial charge in [-0.05, 0) is 34.5 Å². The van der Waals surface area contributed by atoms with Gasteiger partial charge in [0.15, 0.2) is 0 Å². The van der Waals surface area contributed by atoms with Gasteiger partial charge in [-0.2, -0.15) is 5.48 Å². The van der Waals surface area contributed by atoms with Gasteiger partial charge in [-0.15, -0.1) is 0 Å². The summed E-state index contributed by atoms with van der Waals surface area (Å²) in [5.74, 6) is 1.61. The third kappa shape index (κ3) is 2.66. The molecule has 0 spiro atoms. The SMILES string of the molecule is CONCc1c(OC)cc(C)c(OC)c1Br. The van der Waals surface area contributed by atoms with Crippen LogP contribution in [0.5, 0.6) is 11.5 Å². The molecule has 0 aliphatic rings. The molecule has 0 amide bonds. The molecule has 0 atom stereocenters. The molecule has 90 valence electrons. The van der Waals surface area contributed by atoms with Gasteiger partial charge in [-0.25, -0.2) is 0 Å². The summed E-state index contributed by atoms with van der Waals surface area (Å²) in [6, 6.07) is 1.94. The van der Waals surface area contributed by atoms with Crippen molar-refractivity contribution in [3.63, 3.8) is 0 Å². The second-order valence-corrected chi connectivity index (χ2v) is 4.04. The molecule has 0 aromatic heterocycles. The fourth-order valence-electron chi connectivity index (χ4n) is 1.51. The zero-order valence-corrected chi connectivity index (χ0v) is 11.5. The number of methoxy groups -OCH3 is 2. The van der Waals surface area contributed by atoms with Crippen LogP contribution in [0.3, 0.4) is 0 Å². The van der Waals surface area contributed by atoms with Crippen LogP contribution < -0.4 is 15.0 Å². The quantitative estimate of drug-likeness (QED) is 0.845. The van der Waals surface area contributed by atoms with Crippen molar-refractivity contribution in [1.29, 1.82) is 0 Å². The monoisotopic (exact) mass is 289 g/mol. The summed E-state index contributed by atoms with van der Waals surface area (Å²) in [4.78, 5) is 4.84. The van der Waals surface area contributed by atoms with Crippen LogP contribution in [0, 0.1) is 6.92 Å². The van der Waals surface area contributed by atoms with Gasteiger partial charge in [-0.1, -0.05) is 0 Å². The maximum absolute atomic E-state index is 5.32. The number of benzene rings is 1. The number of ether oxygens (including phenoxy) is 2. The summed E-state index contributed by atoms with van der Waals surface area (Å²) >= 11 is 3.51. The van der Waals surface area contributed by atoms with E-state index in [0.29, 0.717) is 6.54 Å². The van der Waals surface area contributed by atoms with Gasteiger partial charge in [0.25, 0.3) is 0 Å². The van der Waals surface area contributed by atoms with Crippen molar-refractivity contribution in [2.45, 2.75) is 13.5 Å². The summed E-state index contributed by atoms with van der Waals surface area (Å²) in [6.45, 7) is 2.51. The van der Waals surface area contributed by atoms with Crippen LogP contribution in [0.1, 0.15) is 11.1 Å². The number of rotatable bonds is 5. The molecule has 4 nitrogen and oxygen atoms in total. The minimum atomic E-state index is 0.539. The van der Waals surface area contributed by atoms with Crippen molar-refractivity contribution in [2.75, 3.05) is 21.3 Å². The van der Waals surface area contributed by atoms with E-state index in [1.165, 1.54) is 0 Å². The van der Waals surface area contributed by atoms with Gasteiger partial charge in [0.05, 0.1) is 32.3 Å². The second kappa shape index (κ2) is 6.08. The Morgan fingerprint density at radius 1 is 1.25 bits per heavy atom. The predicted octanol–water partition coefficient (Wildman–Crippen LogP) is 2.43. The first kappa shape index (κ1) is 13.3. The van der Waals surface area contributed by atoms with Crippen molar-refractivity contribution in [1.82, 2.24) is 5.48 Å². The first-order valence-electron chi connectivity index (χ1n) is 4.81. The average molecular weight is 290 g/mol. The van der Waals surface area contributed by atoms with Gasteiger partial charge < -0.3 is 14.3 Å². The molecule has 0 unspecified atom stereocenters. The molecule has 0 saturated carbocycles. The van der Waals surface area contributed by atoms with E-state index in [0.717, 1.165) is 27.1 Å². The fraction of sp³-hybridized carbons (Fsp3) is 0.455. The van der Waals surface area contributed by atoms with E-state index in [2.05, 4.69) is 21.4 Å². The zero-order chi connectivity index (χ0) is 12.1. The number of nitrogens with one attached hydrogen (secondary N) is 1. The number of hydroxylamine groups is 1. The summed E-state index contributed by atoms with van der Waals surface area (Å²) < 4.78 is 11.5. The molecule has 0 fully saturated rings. The van der Waals surface area contributed by atoms with E-state index < -0.39 is 0 Å². The summed E-state index contributed by atoms with van der Waals surface area (Å²) in [6.07, 6.45) is 0. The van der Waals surface area contributed by atoms with Gasteiger partial charge in [0, 0.05) is 5.56 Å². The number of hydrogen-bond acceptors (Lipinski definition) is 4. The predicted molar refractivity (Wildman–Crippen MR) is 65.8 cm³/mol. The Bertz CT molecular complexity index is 369. The zero-order valence-electron chi connectivity index (χ0n) is 9.89. The highest BCUT2D eigenvalue weighted by atomic mass is 79.9. The minimum Gasteiger partial charge on any atom is -0.496 e. The Labute approximate surface area is 104 Å². The van der Waals surface area contributed by atoms with Crippen molar-refractivity contribution < 1.29 is 14.3 Å². The molecule has 0 radical (unpaired) electrons. The van der Waals surface area contributed by atoms with Crippen LogP contribution in [-0.4, -0.2) is 21.3 Å². The molecule has 0 saturated heterocycles. The lowest BCUT2D eigenvalue weighted by atomic mass is 10.1. The van der Waals surface area contributed by atoms with Gasteiger partial charge in [-0.3, -0.25) is 0 Å². The van der Waals surface area contributed by atoms with Crippen molar-refractivity contribution >= 4 is 15.9 Å². The summed E-state index contributed by atoms with van der Waals surface area (Å²) in [5, 5.41) is 0. The van der Waals surface area contributed by atoms with Crippen molar-refractivity contribution in [2.24, 2.45) is 0 Å². The lowest BCUT2D eigenvalue weighted by Gasteiger charge is -2.16. The van der Waals surface area contributed by atoms with Crippen molar-refractivity contribution in [3.05, 3.63) is 21.7 Å². The standard InChI is InChI=1S/C11H16BrNO3/c1-7-5-9(14-2)8(6-13-16-4)10(12)11(7)15-3/h5,13H,6H2,1-4H3. The van der Waals surface area contributed by atoms with Crippen molar-refractivity contribution in [3.8, 4) is 11.5 Å². The number of aryl methyl sites for hydroxylation is 1. The first-order valence-corrected chi connectivity index (χ1v) is 5.60. The lowest BCUT2D eigenvalue weighted by Crippen LogP contribution is -2.12. The van der Waals surface area contributed by atoms with E-state index in [-0.39, 0.29) is 0 Å². The molecular formula is C11H16BrNO3. The molecule has 0 aliphatic carbocycles. The third-order valence-electron chi connectivity index (χ3n) is 2.28. The Balaban J connectivity index is 3.20. The van der Waals surface area contributed by atoms with Crippen LogP contribution in [0.25, 0.3) is 0 Å².